The first kappa shape index (κ1) is 24.3. The lowest BCUT2D eigenvalue weighted by Crippen LogP contribution is -2.21. The topological polar surface area (TPSA) is 0 Å². The van der Waals surface area contributed by atoms with Crippen molar-refractivity contribution in [1.29, 1.82) is 0 Å². The Hall–Kier alpha value is -2.86. The van der Waals surface area contributed by atoms with Gasteiger partial charge in [-0.2, -0.15) is 0 Å². The Kier molecular flexibility index (Phi) is 7.27. The summed E-state index contributed by atoms with van der Waals surface area (Å²) < 4.78 is 0. The monoisotopic (exact) mass is 448 g/mol. The molecule has 1 saturated carbocycles. The number of hydrogen-bond donors (Lipinski definition) is 0. The lowest BCUT2D eigenvalue weighted by atomic mass is 9.68. The van der Waals surface area contributed by atoms with Gasteiger partial charge < -0.3 is 0 Å². The van der Waals surface area contributed by atoms with Gasteiger partial charge in [-0.25, -0.2) is 0 Å². The van der Waals surface area contributed by atoms with E-state index in [-0.39, 0.29) is 0 Å². The summed E-state index contributed by atoms with van der Waals surface area (Å²) in [6.07, 6.45) is 10.1. The van der Waals surface area contributed by atoms with Crippen LogP contribution in [0.4, 0.5) is 0 Å². The summed E-state index contributed by atoms with van der Waals surface area (Å²) in [5.41, 5.74) is 15.2. The Balaban J connectivity index is 1.82. The second kappa shape index (κ2) is 10.2. The highest BCUT2D eigenvalue weighted by Gasteiger charge is 2.41. The number of rotatable bonds is 7. The zero-order valence-electron chi connectivity index (χ0n) is 21.8. The highest BCUT2D eigenvalue weighted by atomic mass is 14.4. The Bertz CT molecular complexity index is 1190. The maximum Gasteiger partial charge on any atom is 0.0201 e. The minimum atomic E-state index is 0.298. The summed E-state index contributed by atoms with van der Waals surface area (Å²) in [7, 11) is 0. The fourth-order valence-electron chi connectivity index (χ4n) is 6.01. The molecule has 2 aliphatic carbocycles. The molecular formula is C34H40. The molecule has 176 valence electrons. The SMILES string of the molecule is C=C(CCC)C1=C(C)C=C2CC(=Cc3ccc(C)cc3)C(=C)C2C1c1ccc(CC)c(CC)c1. The maximum absolute atomic E-state index is 4.69. The molecule has 34 heavy (non-hydrogen) atoms. The number of aryl methyl sites for hydroxylation is 3. The fraction of sp³-hybridized carbons (Fsp3) is 0.353. The Morgan fingerprint density at radius 2 is 1.65 bits per heavy atom. The van der Waals surface area contributed by atoms with Gasteiger partial charge in [-0.3, -0.25) is 0 Å². The Morgan fingerprint density at radius 1 is 0.941 bits per heavy atom. The summed E-state index contributed by atoms with van der Waals surface area (Å²) in [5.74, 6) is 0.618. The van der Waals surface area contributed by atoms with E-state index in [0.717, 1.165) is 32.1 Å². The highest BCUT2D eigenvalue weighted by Crippen LogP contribution is 2.55. The van der Waals surface area contributed by atoms with Crippen LogP contribution in [0.15, 0.2) is 95.1 Å². The van der Waals surface area contributed by atoms with E-state index in [1.165, 1.54) is 61.3 Å². The van der Waals surface area contributed by atoms with Gasteiger partial charge in [0.25, 0.3) is 0 Å². The van der Waals surface area contributed by atoms with Crippen molar-refractivity contribution in [3.05, 3.63) is 123 Å². The van der Waals surface area contributed by atoms with Gasteiger partial charge in [0, 0.05) is 11.8 Å². The molecule has 0 spiro atoms. The number of benzene rings is 2. The molecule has 2 aromatic carbocycles. The fourth-order valence-corrected chi connectivity index (χ4v) is 6.01. The lowest BCUT2D eigenvalue weighted by Gasteiger charge is -2.35. The number of fused-ring (bicyclic) bond motifs is 1. The van der Waals surface area contributed by atoms with E-state index in [2.05, 4.69) is 102 Å². The molecule has 0 bridgehead atoms. The standard InChI is InChI=1S/C34H40/c1-8-11-23(5)32-24(6)18-31-21-30(19-26-14-12-22(4)13-15-26)25(7)33(31)34(32)29-17-16-27(9-2)28(10-3)20-29/h12-20,33-34H,5,7-11,21H2,1-4,6H3. The molecule has 4 rings (SSSR count). The van der Waals surface area contributed by atoms with Gasteiger partial charge in [0.2, 0.25) is 0 Å². The summed E-state index contributed by atoms with van der Waals surface area (Å²) >= 11 is 0. The maximum atomic E-state index is 4.69. The molecule has 0 aromatic heterocycles. The van der Waals surface area contributed by atoms with Crippen LogP contribution < -0.4 is 0 Å². The quantitative estimate of drug-likeness (QED) is 0.395. The van der Waals surface area contributed by atoms with Crippen molar-refractivity contribution in [2.45, 2.75) is 72.6 Å². The Labute approximate surface area is 207 Å². The predicted molar refractivity (Wildman–Crippen MR) is 149 cm³/mol. The van der Waals surface area contributed by atoms with Crippen LogP contribution in [0.25, 0.3) is 6.08 Å². The first-order valence-corrected chi connectivity index (χ1v) is 13.0. The summed E-state index contributed by atoms with van der Waals surface area (Å²) in [4.78, 5) is 0. The first-order chi connectivity index (χ1) is 16.4. The van der Waals surface area contributed by atoms with Gasteiger partial charge in [-0.15, -0.1) is 0 Å². The molecule has 1 fully saturated rings. The second-order valence-electron chi connectivity index (χ2n) is 10.1. The van der Waals surface area contributed by atoms with E-state index in [4.69, 9.17) is 0 Å². The van der Waals surface area contributed by atoms with E-state index < -0.39 is 0 Å². The molecule has 0 nitrogen and oxygen atoms in total. The summed E-state index contributed by atoms with van der Waals surface area (Å²) in [6, 6.07) is 16.1. The molecule has 2 aliphatic rings. The highest BCUT2D eigenvalue weighted by molar-refractivity contribution is 5.67. The normalized spacial score (nSPS) is 21.1. The molecule has 2 unspecified atom stereocenters. The van der Waals surface area contributed by atoms with Crippen molar-refractivity contribution in [2.24, 2.45) is 5.92 Å². The van der Waals surface area contributed by atoms with Crippen molar-refractivity contribution < 1.29 is 0 Å². The average Bonchev–Trinajstić information content (AvgIpc) is 3.13. The van der Waals surface area contributed by atoms with Crippen LogP contribution in [0.3, 0.4) is 0 Å². The molecule has 0 saturated heterocycles. The van der Waals surface area contributed by atoms with Crippen LogP contribution in [-0.2, 0) is 12.8 Å². The molecule has 0 amide bonds. The zero-order chi connectivity index (χ0) is 24.4. The van der Waals surface area contributed by atoms with E-state index >= 15 is 0 Å². The van der Waals surface area contributed by atoms with Crippen LogP contribution in [0.2, 0.25) is 0 Å². The third-order valence-corrected chi connectivity index (χ3v) is 7.76. The molecule has 0 radical (unpaired) electrons. The van der Waals surface area contributed by atoms with Gasteiger partial charge >= 0.3 is 0 Å². The molecule has 0 aliphatic heterocycles. The van der Waals surface area contributed by atoms with Crippen LogP contribution in [0, 0.1) is 12.8 Å². The van der Waals surface area contributed by atoms with E-state index in [1.54, 1.807) is 0 Å². The predicted octanol–water partition coefficient (Wildman–Crippen LogP) is 9.48. The van der Waals surface area contributed by atoms with Crippen molar-refractivity contribution in [2.75, 3.05) is 0 Å². The minimum absolute atomic E-state index is 0.298. The molecule has 2 atom stereocenters. The molecule has 0 heteroatoms. The van der Waals surface area contributed by atoms with Gasteiger partial charge in [-0.1, -0.05) is 112 Å². The van der Waals surface area contributed by atoms with Crippen molar-refractivity contribution >= 4 is 6.08 Å². The minimum Gasteiger partial charge on any atom is -0.0955 e. The van der Waals surface area contributed by atoms with Crippen LogP contribution >= 0.6 is 0 Å². The van der Waals surface area contributed by atoms with E-state index in [0.29, 0.717) is 11.8 Å². The molecule has 2 aromatic rings. The summed E-state index contributed by atoms with van der Waals surface area (Å²) in [5, 5.41) is 0. The lowest BCUT2D eigenvalue weighted by molar-refractivity contribution is 0.618. The van der Waals surface area contributed by atoms with Crippen molar-refractivity contribution in [3.63, 3.8) is 0 Å². The largest absolute Gasteiger partial charge is 0.0955 e. The molecular weight excluding hydrogens is 408 g/mol. The van der Waals surface area contributed by atoms with Crippen LogP contribution in [0.5, 0.6) is 0 Å². The van der Waals surface area contributed by atoms with E-state index in [9.17, 15) is 0 Å². The summed E-state index contributed by atoms with van der Waals surface area (Å²) in [6.45, 7) is 20.5. The van der Waals surface area contributed by atoms with Crippen molar-refractivity contribution in [3.8, 4) is 0 Å². The third-order valence-electron chi connectivity index (χ3n) is 7.76. The number of hydrogen-bond acceptors (Lipinski definition) is 0. The van der Waals surface area contributed by atoms with Gasteiger partial charge in [0.1, 0.15) is 0 Å². The Morgan fingerprint density at radius 3 is 2.29 bits per heavy atom. The first-order valence-electron chi connectivity index (χ1n) is 13.0. The van der Waals surface area contributed by atoms with E-state index in [1.807, 2.05) is 0 Å². The smallest absolute Gasteiger partial charge is 0.0201 e. The van der Waals surface area contributed by atoms with Gasteiger partial charge in [-0.05, 0) is 84.1 Å². The molecule has 0 N–H and O–H groups in total. The van der Waals surface area contributed by atoms with Gasteiger partial charge in [0.15, 0.2) is 0 Å². The van der Waals surface area contributed by atoms with Crippen LogP contribution in [-0.4, -0.2) is 0 Å². The van der Waals surface area contributed by atoms with Crippen molar-refractivity contribution in [1.82, 2.24) is 0 Å². The third kappa shape index (κ3) is 4.56. The average molecular weight is 449 g/mol. The zero-order valence-corrected chi connectivity index (χ0v) is 21.8. The number of allylic oxidation sites excluding steroid dienone is 7. The molecule has 0 heterocycles. The van der Waals surface area contributed by atoms with Gasteiger partial charge in [0.05, 0.1) is 0 Å². The van der Waals surface area contributed by atoms with Crippen LogP contribution in [0.1, 0.15) is 80.7 Å². The second-order valence-corrected chi connectivity index (χ2v) is 10.1.